The Hall–Kier alpha value is -0.650. The van der Waals surface area contributed by atoms with Crippen LogP contribution in [-0.4, -0.2) is 50.6 Å². The lowest BCUT2D eigenvalue weighted by Gasteiger charge is -2.18. The first-order chi connectivity index (χ1) is 7.60. The molecule has 0 aromatic rings. The van der Waals surface area contributed by atoms with E-state index in [1.165, 1.54) is 0 Å². The van der Waals surface area contributed by atoms with Crippen LogP contribution >= 0.6 is 0 Å². The lowest BCUT2D eigenvalue weighted by Crippen LogP contribution is -2.40. The smallest absolute Gasteiger partial charge is 0.246 e. The number of aliphatic hydroxyl groups is 1. The van der Waals surface area contributed by atoms with Gasteiger partial charge in [-0.3, -0.25) is 4.79 Å². The van der Waals surface area contributed by atoms with E-state index in [4.69, 9.17) is 14.6 Å². The van der Waals surface area contributed by atoms with Crippen molar-refractivity contribution >= 4 is 5.91 Å². The molecule has 96 valence electrons. The Morgan fingerprint density at radius 2 is 2.06 bits per heavy atom. The molecule has 0 aromatic heterocycles. The van der Waals surface area contributed by atoms with Crippen LogP contribution in [0.25, 0.3) is 0 Å². The average Bonchev–Trinajstić information content (AvgIpc) is 2.23. The van der Waals surface area contributed by atoms with Crippen molar-refractivity contribution in [3.05, 3.63) is 0 Å². The number of ether oxygens (including phenoxy) is 2. The van der Waals surface area contributed by atoms with Crippen molar-refractivity contribution in [1.82, 2.24) is 5.32 Å². The van der Waals surface area contributed by atoms with Crippen molar-refractivity contribution < 1.29 is 19.4 Å². The molecule has 0 heterocycles. The van der Waals surface area contributed by atoms with E-state index in [1.54, 1.807) is 7.11 Å². The normalized spacial score (nSPS) is 12.8. The summed E-state index contributed by atoms with van der Waals surface area (Å²) in [6.45, 7) is 4.94. The van der Waals surface area contributed by atoms with Crippen LogP contribution in [0.1, 0.15) is 20.3 Å². The van der Waals surface area contributed by atoms with Gasteiger partial charge in [0.05, 0.1) is 25.9 Å². The SMILES string of the molecule is COCCOCC(=O)NC(CO)CC(C)C. The number of hydrogen-bond donors (Lipinski definition) is 2. The van der Waals surface area contributed by atoms with Crippen molar-refractivity contribution in [2.45, 2.75) is 26.3 Å². The van der Waals surface area contributed by atoms with Crippen LogP contribution in [0.2, 0.25) is 0 Å². The summed E-state index contributed by atoms with van der Waals surface area (Å²) >= 11 is 0. The number of nitrogens with one attached hydrogen (secondary N) is 1. The Labute approximate surface area is 97.1 Å². The zero-order valence-electron chi connectivity index (χ0n) is 10.4. The van der Waals surface area contributed by atoms with Crippen LogP contribution in [0.4, 0.5) is 0 Å². The molecule has 0 saturated carbocycles. The molecule has 0 aliphatic carbocycles. The molecule has 0 rings (SSSR count). The largest absolute Gasteiger partial charge is 0.394 e. The minimum atomic E-state index is -0.198. The monoisotopic (exact) mass is 233 g/mol. The molecule has 16 heavy (non-hydrogen) atoms. The van der Waals surface area contributed by atoms with E-state index >= 15 is 0 Å². The van der Waals surface area contributed by atoms with Crippen LogP contribution < -0.4 is 5.32 Å². The Morgan fingerprint density at radius 3 is 2.56 bits per heavy atom. The summed E-state index contributed by atoms with van der Waals surface area (Å²) in [5, 5.41) is 11.8. The van der Waals surface area contributed by atoms with Gasteiger partial charge in [-0.25, -0.2) is 0 Å². The second-order valence-corrected chi connectivity index (χ2v) is 4.12. The summed E-state index contributed by atoms with van der Waals surface area (Å²) in [5.74, 6) is 0.239. The summed E-state index contributed by atoms with van der Waals surface area (Å²) in [6, 6.07) is -0.182. The fourth-order valence-electron chi connectivity index (χ4n) is 1.32. The molecular formula is C11H23NO4. The van der Waals surface area contributed by atoms with E-state index < -0.39 is 0 Å². The maximum atomic E-state index is 11.4. The lowest BCUT2D eigenvalue weighted by molar-refractivity contribution is -0.127. The van der Waals surface area contributed by atoms with Gasteiger partial charge in [-0.05, 0) is 12.3 Å². The van der Waals surface area contributed by atoms with Crippen molar-refractivity contribution in [2.24, 2.45) is 5.92 Å². The number of carbonyl (C=O) groups excluding carboxylic acids is 1. The maximum Gasteiger partial charge on any atom is 0.246 e. The molecule has 0 saturated heterocycles. The molecule has 0 aromatic carbocycles. The highest BCUT2D eigenvalue weighted by Crippen LogP contribution is 2.03. The Kier molecular flexibility index (Phi) is 9.18. The molecule has 0 radical (unpaired) electrons. The summed E-state index contributed by atoms with van der Waals surface area (Å²) in [7, 11) is 1.58. The highest BCUT2D eigenvalue weighted by Gasteiger charge is 2.12. The Morgan fingerprint density at radius 1 is 1.38 bits per heavy atom. The summed E-state index contributed by atoms with van der Waals surface area (Å²) in [4.78, 5) is 11.4. The summed E-state index contributed by atoms with van der Waals surface area (Å²) < 4.78 is 9.85. The highest BCUT2D eigenvalue weighted by molar-refractivity contribution is 5.77. The molecular weight excluding hydrogens is 210 g/mol. The van der Waals surface area contributed by atoms with Gasteiger partial charge < -0.3 is 19.9 Å². The van der Waals surface area contributed by atoms with Gasteiger partial charge >= 0.3 is 0 Å². The van der Waals surface area contributed by atoms with E-state index in [0.717, 1.165) is 6.42 Å². The fourth-order valence-corrected chi connectivity index (χ4v) is 1.32. The molecule has 0 fully saturated rings. The highest BCUT2D eigenvalue weighted by atomic mass is 16.5. The first-order valence-electron chi connectivity index (χ1n) is 5.57. The minimum absolute atomic E-state index is 0.0119. The predicted molar refractivity (Wildman–Crippen MR) is 61.2 cm³/mol. The van der Waals surface area contributed by atoms with Crippen LogP contribution in [0.5, 0.6) is 0 Å². The molecule has 5 heteroatoms. The molecule has 5 nitrogen and oxygen atoms in total. The molecule has 0 aliphatic heterocycles. The minimum Gasteiger partial charge on any atom is -0.394 e. The van der Waals surface area contributed by atoms with E-state index in [-0.39, 0.29) is 25.2 Å². The standard InChI is InChI=1S/C11H23NO4/c1-9(2)6-10(7-13)12-11(14)8-16-5-4-15-3/h9-10,13H,4-8H2,1-3H3,(H,12,14). The van der Waals surface area contributed by atoms with Crippen LogP contribution in [0.15, 0.2) is 0 Å². The van der Waals surface area contributed by atoms with Gasteiger partial charge in [-0.1, -0.05) is 13.8 Å². The Bertz CT molecular complexity index is 185. The molecule has 1 amide bonds. The van der Waals surface area contributed by atoms with Gasteiger partial charge in [0.15, 0.2) is 0 Å². The molecule has 1 atom stereocenters. The number of hydrogen-bond acceptors (Lipinski definition) is 4. The maximum absolute atomic E-state index is 11.4. The van der Waals surface area contributed by atoms with E-state index in [2.05, 4.69) is 5.32 Å². The van der Waals surface area contributed by atoms with Crippen molar-refractivity contribution in [2.75, 3.05) is 33.5 Å². The third-order valence-electron chi connectivity index (χ3n) is 2.01. The number of amides is 1. The van der Waals surface area contributed by atoms with Crippen LogP contribution in [0, 0.1) is 5.92 Å². The van der Waals surface area contributed by atoms with Crippen molar-refractivity contribution in [3.63, 3.8) is 0 Å². The van der Waals surface area contributed by atoms with E-state index in [9.17, 15) is 4.79 Å². The molecule has 2 N–H and O–H groups in total. The van der Waals surface area contributed by atoms with Crippen LogP contribution in [0.3, 0.4) is 0 Å². The van der Waals surface area contributed by atoms with Crippen molar-refractivity contribution in [1.29, 1.82) is 0 Å². The van der Waals surface area contributed by atoms with E-state index in [1.807, 2.05) is 13.8 Å². The summed E-state index contributed by atoms with van der Waals surface area (Å²) in [5.41, 5.74) is 0. The van der Waals surface area contributed by atoms with Gasteiger partial charge in [0, 0.05) is 7.11 Å². The average molecular weight is 233 g/mol. The topological polar surface area (TPSA) is 67.8 Å². The van der Waals surface area contributed by atoms with Gasteiger partial charge in [0.25, 0.3) is 0 Å². The second kappa shape index (κ2) is 9.57. The first kappa shape index (κ1) is 15.3. The number of carbonyl (C=O) groups is 1. The fraction of sp³-hybridized carbons (Fsp3) is 0.909. The first-order valence-corrected chi connectivity index (χ1v) is 5.57. The molecule has 0 spiro atoms. The van der Waals surface area contributed by atoms with Gasteiger partial charge in [-0.2, -0.15) is 0 Å². The molecule has 1 unspecified atom stereocenters. The number of rotatable bonds is 9. The third kappa shape index (κ3) is 8.64. The predicted octanol–water partition coefficient (Wildman–Crippen LogP) is 0.173. The third-order valence-corrected chi connectivity index (χ3v) is 2.01. The second-order valence-electron chi connectivity index (χ2n) is 4.12. The van der Waals surface area contributed by atoms with Gasteiger partial charge in [0.1, 0.15) is 6.61 Å². The number of methoxy groups -OCH3 is 1. The van der Waals surface area contributed by atoms with E-state index in [0.29, 0.717) is 19.1 Å². The lowest BCUT2D eigenvalue weighted by atomic mass is 10.0. The van der Waals surface area contributed by atoms with Gasteiger partial charge in [-0.15, -0.1) is 0 Å². The quantitative estimate of drug-likeness (QED) is 0.557. The molecule has 0 aliphatic rings. The zero-order chi connectivity index (χ0) is 12.4. The molecule has 0 bridgehead atoms. The van der Waals surface area contributed by atoms with Gasteiger partial charge in [0.2, 0.25) is 5.91 Å². The zero-order valence-corrected chi connectivity index (χ0v) is 10.4. The summed E-state index contributed by atoms with van der Waals surface area (Å²) in [6.07, 6.45) is 0.764. The number of aliphatic hydroxyl groups excluding tert-OH is 1. The van der Waals surface area contributed by atoms with Crippen molar-refractivity contribution in [3.8, 4) is 0 Å². The van der Waals surface area contributed by atoms with Crippen LogP contribution in [-0.2, 0) is 14.3 Å². The Balaban J connectivity index is 3.66.